The summed E-state index contributed by atoms with van der Waals surface area (Å²) in [7, 11) is 0. The molecule has 2 aliphatic heterocycles. The summed E-state index contributed by atoms with van der Waals surface area (Å²) in [6.07, 6.45) is 0.853. The fraction of sp³-hybridized carbons (Fsp3) is 0.400. The molecule has 0 aliphatic carbocycles. The van der Waals surface area contributed by atoms with Crippen molar-refractivity contribution in [3.05, 3.63) is 29.8 Å². The predicted molar refractivity (Wildman–Crippen MR) is 76.2 cm³/mol. The number of nitrogens with one attached hydrogen (secondary N) is 2. The van der Waals surface area contributed by atoms with E-state index in [1.165, 1.54) is 4.90 Å². The number of hydrogen-bond donors (Lipinski definition) is 2. The van der Waals surface area contributed by atoms with Crippen molar-refractivity contribution in [1.82, 2.24) is 10.2 Å². The highest BCUT2D eigenvalue weighted by Gasteiger charge is 2.36. The molecule has 2 N–H and O–H groups in total. The second-order valence-electron chi connectivity index (χ2n) is 5.45. The van der Waals surface area contributed by atoms with Gasteiger partial charge in [-0.1, -0.05) is 18.2 Å². The van der Waals surface area contributed by atoms with E-state index in [4.69, 9.17) is 0 Å². The Morgan fingerprint density at radius 1 is 1.29 bits per heavy atom. The van der Waals surface area contributed by atoms with Crippen LogP contribution in [0.1, 0.15) is 25.3 Å². The SMILES string of the molecule is CC1C(=O)Nc2ccccc2CN1C(=O)C1CCC(=O)N1. The van der Waals surface area contributed by atoms with Gasteiger partial charge < -0.3 is 15.5 Å². The Morgan fingerprint density at radius 3 is 2.76 bits per heavy atom. The van der Waals surface area contributed by atoms with Crippen LogP contribution in [0.4, 0.5) is 5.69 Å². The van der Waals surface area contributed by atoms with Crippen molar-refractivity contribution in [2.24, 2.45) is 0 Å². The Bertz CT molecular complexity index is 614. The van der Waals surface area contributed by atoms with Crippen molar-refractivity contribution in [3.63, 3.8) is 0 Å². The fourth-order valence-electron chi connectivity index (χ4n) is 2.75. The van der Waals surface area contributed by atoms with Gasteiger partial charge in [-0.25, -0.2) is 0 Å². The van der Waals surface area contributed by atoms with Gasteiger partial charge in [-0.15, -0.1) is 0 Å². The Balaban J connectivity index is 1.88. The van der Waals surface area contributed by atoms with Crippen LogP contribution in [-0.4, -0.2) is 34.7 Å². The van der Waals surface area contributed by atoms with E-state index >= 15 is 0 Å². The van der Waals surface area contributed by atoms with Crippen molar-refractivity contribution in [1.29, 1.82) is 0 Å². The number of carbonyl (C=O) groups is 3. The first-order chi connectivity index (χ1) is 10.1. The van der Waals surface area contributed by atoms with Crippen LogP contribution in [0.2, 0.25) is 0 Å². The molecule has 0 aromatic heterocycles. The van der Waals surface area contributed by atoms with Gasteiger partial charge in [0, 0.05) is 18.7 Å². The van der Waals surface area contributed by atoms with E-state index in [1.54, 1.807) is 6.92 Å². The zero-order valence-electron chi connectivity index (χ0n) is 11.8. The molecule has 1 aromatic carbocycles. The number of nitrogens with zero attached hydrogens (tertiary/aromatic N) is 1. The molecule has 0 saturated carbocycles. The number of hydrogen-bond acceptors (Lipinski definition) is 3. The largest absolute Gasteiger partial charge is 0.344 e. The summed E-state index contributed by atoms with van der Waals surface area (Å²) < 4.78 is 0. The number of anilines is 1. The molecule has 2 unspecified atom stereocenters. The average Bonchev–Trinajstić information content (AvgIpc) is 2.86. The summed E-state index contributed by atoms with van der Waals surface area (Å²) in [6, 6.07) is 6.35. The molecule has 1 aromatic rings. The van der Waals surface area contributed by atoms with Crippen LogP contribution in [0.3, 0.4) is 0 Å². The number of amides is 3. The highest BCUT2D eigenvalue weighted by molar-refractivity contribution is 6.00. The van der Waals surface area contributed by atoms with E-state index < -0.39 is 12.1 Å². The van der Waals surface area contributed by atoms with Gasteiger partial charge in [0.05, 0.1) is 0 Å². The van der Waals surface area contributed by atoms with Crippen molar-refractivity contribution < 1.29 is 14.4 Å². The lowest BCUT2D eigenvalue weighted by Gasteiger charge is -2.28. The lowest BCUT2D eigenvalue weighted by molar-refractivity contribution is -0.140. The van der Waals surface area contributed by atoms with Gasteiger partial charge in [-0.05, 0) is 25.0 Å². The van der Waals surface area contributed by atoms with Gasteiger partial charge in [0.1, 0.15) is 12.1 Å². The van der Waals surface area contributed by atoms with Crippen LogP contribution in [0.25, 0.3) is 0 Å². The Morgan fingerprint density at radius 2 is 2.05 bits per heavy atom. The van der Waals surface area contributed by atoms with Crippen molar-refractivity contribution in [2.75, 3.05) is 5.32 Å². The van der Waals surface area contributed by atoms with Crippen LogP contribution >= 0.6 is 0 Å². The van der Waals surface area contributed by atoms with Crippen LogP contribution in [0, 0.1) is 0 Å². The Hall–Kier alpha value is -2.37. The van der Waals surface area contributed by atoms with Crippen LogP contribution in [0.5, 0.6) is 0 Å². The molecular formula is C15H17N3O3. The van der Waals surface area contributed by atoms with Crippen LogP contribution in [-0.2, 0) is 20.9 Å². The Labute approximate surface area is 122 Å². The second-order valence-corrected chi connectivity index (χ2v) is 5.45. The van der Waals surface area contributed by atoms with Crippen molar-refractivity contribution in [3.8, 4) is 0 Å². The average molecular weight is 287 g/mol. The van der Waals surface area contributed by atoms with Crippen molar-refractivity contribution >= 4 is 23.4 Å². The van der Waals surface area contributed by atoms with Gasteiger partial charge in [-0.2, -0.15) is 0 Å². The first-order valence-electron chi connectivity index (χ1n) is 7.05. The summed E-state index contributed by atoms with van der Waals surface area (Å²) in [5.74, 6) is -0.515. The molecule has 0 radical (unpaired) electrons. The minimum Gasteiger partial charge on any atom is -0.344 e. The number of rotatable bonds is 1. The molecule has 1 saturated heterocycles. The molecule has 2 aliphatic rings. The molecular weight excluding hydrogens is 270 g/mol. The smallest absolute Gasteiger partial charge is 0.246 e. The number of para-hydroxylation sites is 1. The van der Waals surface area contributed by atoms with Crippen LogP contribution < -0.4 is 10.6 Å². The number of fused-ring (bicyclic) bond motifs is 1. The third-order valence-corrected chi connectivity index (χ3v) is 4.04. The molecule has 2 heterocycles. The van der Waals surface area contributed by atoms with Gasteiger partial charge in [-0.3, -0.25) is 14.4 Å². The van der Waals surface area contributed by atoms with E-state index in [1.807, 2.05) is 24.3 Å². The first kappa shape index (κ1) is 13.6. The molecule has 3 amide bonds. The second kappa shape index (κ2) is 5.20. The van der Waals surface area contributed by atoms with Crippen LogP contribution in [0.15, 0.2) is 24.3 Å². The van der Waals surface area contributed by atoms with E-state index in [0.29, 0.717) is 19.4 Å². The molecule has 1 fully saturated rings. The maximum Gasteiger partial charge on any atom is 0.246 e. The standard InChI is InChI=1S/C15H17N3O3/c1-9-14(20)17-11-5-3-2-4-10(11)8-18(9)15(21)12-6-7-13(19)16-12/h2-5,9,12H,6-8H2,1H3,(H,16,19)(H,17,20). The summed E-state index contributed by atoms with van der Waals surface area (Å²) in [6.45, 7) is 2.07. The summed E-state index contributed by atoms with van der Waals surface area (Å²) in [5, 5.41) is 5.51. The summed E-state index contributed by atoms with van der Waals surface area (Å²) >= 11 is 0. The molecule has 0 spiro atoms. The molecule has 3 rings (SSSR count). The minimum atomic E-state index is -0.567. The minimum absolute atomic E-state index is 0.110. The van der Waals surface area contributed by atoms with E-state index in [0.717, 1.165) is 11.3 Å². The molecule has 21 heavy (non-hydrogen) atoms. The number of carbonyl (C=O) groups excluding carboxylic acids is 3. The molecule has 6 heteroatoms. The lowest BCUT2D eigenvalue weighted by atomic mass is 10.1. The first-order valence-corrected chi connectivity index (χ1v) is 7.05. The molecule has 110 valence electrons. The third-order valence-electron chi connectivity index (χ3n) is 4.04. The zero-order chi connectivity index (χ0) is 15.0. The number of benzene rings is 1. The van der Waals surface area contributed by atoms with Gasteiger partial charge in [0.2, 0.25) is 17.7 Å². The maximum absolute atomic E-state index is 12.6. The topological polar surface area (TPSA) is 78.5 Å². The Kier molecular flexibility index (Phi) is 3.37. The van der Waals surface area contributed by atoms with E-state index in [9.17, 15) is 14.4 Å². The highest BCUT2D eigenvalue weighted by atomic mass is 16.2. The third kappa shape index (κ3) is 2.49. The van der Waals surface area contributed by atoms with Gasteiger partial charge in [0.25, 0.3) is 0 Å². The lowest BCUT2D eigenvalue weighted by Crippen LogP contribution is -2.50. The quantitative estimate of drug-likeness (QED) is 0.795. The molecule has 0 bridgehead atoms. The van der Waals surface area contributed by atoms with Gasteiger partial charge >= 0.3 is 0 Å². The predicted octanol–water partition coefficient (Wildman–Crippen LogP) is 0.634. The van der Waals surface area contributed by atoms with Gasteiger partial charge in [0.15, 0.2) is 0 Å². The normalized spacial score (nSPS) is 24.9. The maximum atomic E-state index is 12.6. The summed E-state index contributed by atoms with van der Waals surface area (Å²) in [4.78, 5) is 37.6. The van der Waals surface area contributed by atoms with E-state index in [-0.39, 0.29) is 17.7 Å². The summed E-state index contributed by atoms with van der Waals surface area (Å²) in [5.41, 5.74) is 1.63. The zero-order valence-corrected chi connectivity index (χ0v) is 11.8. The fourth-order valence-corrected chi connectivity index (χ4v) is 2.75. The molecule has 2 atom stereocenters. The molecule has 6 nitrogen and oxygen atoms in total. The monoisotopic (exact) mass is 287 g/mol. The van der Waals surface area contributed by atoms with Crippen molar-refractivity contribution in [2.45, 2.75) is 38.4 Å². The van der Waals surface area contributed by atoms with E-state index in [2.05, 4.69) is 10.6 Å². The highest BCUT2D eigenvalue weighted by Crippen LogP contribution is 2.24.